The fraction of sp³-hybridized carbons (Fsp3) is 0.238. The smallest absolute Gasteiger partial charge is 0.293 e. The van der Waals surface area contributed by atoms with Crippen LogP contribution in [0.25, 0.3) is 6.08 Å². The molecule has 1 aliphatic rings. The van der Waals surface area contributed by atoms with E-state index in [1.54, 1.807) is 6.08 Å². The Morgan fingerprint density at radius 2 is 1.68 bits per heavy atom. The number of carbonyl (C=O) groups excluding carboxylic acids is 2. The van der Waals surface area contributed by atoms with Crippen molar-refractivity contribution < 1.29 is 19.1 Å². The number of benzene rings is 2. The quantitative estimate of drug-likeness (QED) is 0.374. The van der Waals surface area contributed by atoms with Crippen LogP contribution in [-0.4, -0.2) is 29.3 Å². The van der Waals surface area contributed by atoms with Gasteiger partial charge in [0.15, 0.2) is 11.5 Å². The molecule has 1 aliphatic heterocycles. The van der Waals surface area contributed by atoms with Gasteiger partial charge < -0.3 is 9.47 Å². The molecule has 0 aliphatic carbocycles. The Bertz CT molecular complexity index is 911. The molecule has 0 N–H and O–H groups in total. The van der Waals surface area contributed by atoms with E-state index in [2.05, 4.69) is 22.6 Å². The van der Waals surface area contributed by atoms with E-state index in [9.17, 15) is 9.59 Å². The van der Waals surface area contributed by atoms with Crippen molar-refractivity contribution in [1.29, 1.82) is 0 Å². The maximum absolute atomic E-state index is 12.7. The second kappa shape index (κ2) is 9.47. The minimum Gasteiger partial charge on any atom is -0.490 e. The van der Waals surface area contributed by atoms with E-state index in [4.69, 9.17) is 9.47 Å². The van der Waals surface area contributed by atoms with E-state index in [1.807, 2.05) is 56.3 Å². The zero-order valence-electron chi connectivity index (χ0n) is 15.6. The number of nitrogens with zero attached hydrogens (tertiary/aromatic N) is 1. The molecule has 2 aromatic rings. The molecule has 1 fully saturated rings. The highest BCUT2D eigenvalue weighted by atomic mass is 127. The summed E-state index contributed by atoms with van der Waals surface area (Å²) >= 11 is 3.18. The molecule has 28 heavy (non-hydrogen) atoms. The fourth-order valence-corrected chi connectivity index (χ4v) is 3.92. The number of thioether (sulfide) groups is 1. The highest BCUT2D eigenvalue weighted by Crippen LogP contribution is 2.35. The fourth-order valence-electron chi connectivity index (χ4n) is 2.72. The molecule has 2 aromatic carbocycles. The number of amides is 2. The summed E-state index contributed by atoms with van der Waals surface area (Å²) in [5, 5.41) is -0.259. The van der Waals surface area contributed by atoms with Crippen LogP contribution in [0.2, 0.25) is 0 Å². The van der Waals surface area contributed by atoms with E-state index >= 15 is 0 Å². The Kier molecular flexibility index (Phi) is 7.01. The lowest BCUT2D eigenvalue weighted by Crippen LogP contribution is -2.27. The van der Waals surface area contributed by atoms with Gasteiger partial charge in [-0.2, -0.15) is 0 Å². The van der Waals surface area contributed by atoms with Crippen LogP contribution in [0.5, 0.6) is 11.5 Å². The molecule has 3 rings (SSSR count). The van der Waals surface area contributed by atoms with Crippen molar-refractivity contribution in [1.82, 2.24) is 4.90 Å². The summed E-state index contributed by atoms with van der Waals surface area (Å²) in [5.41, 5.74) is 1.70. The van der Waals surface area contributed by atoms with Gasteiger partial charge in [0.25, 0.3) is 11.1 Å². The summed E-state index contributed by atoms with van der Waals surface area (Å²) in [5.74, 6) is 1.00. The first-order valence-electron chi connectivity index (χ1n) is 8.91. The number of imide groups is 1. The Labute approximate surface area is 182 Å². The standard InChI is InChI=1S/C21H20INO4S/c1-3-26-17-10-7-15(11-18(17)27-4-2)12-19-20(24)23(21(25)28-19)13-14-5-8-16(22)9-6-14/h5-12H,3-4,13H2,1-2H3/b19-12+. The topological polar surface area (TPSA) is 55.8 Å². The van der Waals surface area contributed by atoms with Crippen LogP contribution < -0.4 is 9.47 Å². The zero-order chi connectivity index (χ0) is 20.1. The van der Waals surface area contributed by atoms with Gasteiger partial charge in [0.05, 0.1) is 24.7 Å². The number of ether oxygens (including phenoxy) is 2. The minimum absolute atomic E-state index is 0.259. The van der Waals surface area contributed by atoms with Gasteiger partial charge in [-0.1, -0.05) is 18.2 Å². The highest BCUT2D eigenvalue weighted by molar-refractivity contribution is 14.1. The van der Waals surface area contributed by atoms with E-state index in [0.29, 0.717) is 29.6 Å². The maximum Gasteiger partial charge on any atom is 0.293 e. The van der Waals surface area contributed by atoms with Crippen LogP contribution in [0.15, 0.2) is 47.4 Å². The molecule has 146 valence electrons. The van der Waals surface area contributed by atoms with Crippen molar-refractivity contribution in [2.75, 3.05) is 13.2 Å². The molecule has 0 aromatic heterocycles. The molecular weight excluding hydrogens is 489 g/mol. The van der Waals surface area contributed by atoms with Gasteiger partial charge in [0.1, 0.15) is 0 Å². The summed E-state index contributed by atoms with van der Waals surface area (Å²) in [6.45, 7) is 5.13. The predicted molar refractivity (Wildman–Crippen MR) is 119 cm³/mol. The monoisotopic (exact) mass is 509 g/mol. The summed E-state index contributed by atoms with van der Waals surface area (Å²) < 4.78 is 12.3. The Morgan fingerprint density at radius 3 is 2.36 bits per heavy atom. The number of halogens is 1. The van der Waals surface area contributed by atoms with Crippen molar-refractivity contribution in [3.8, 4) is 11.5 Å². The van der Waals surface area contributed by atoms with E-state index in [1.165, 1.54) is 4.90 Å². The number of carbonyl (C=O) groups is 2. The highest BCUT2D eigenvalue weighted by Gasteiger charge is 2.35. The minimum atomic E-state index is -0.277. The largest absolute Gasteiger partial charge is 0.490 e. The van der Waals surface area contributed by atoms with Gasteiger partial charge in [0, 0.05) is 3.57 Å². The van der Waals surface area contributed by atoms with Crippen LogP contribution in [0, 0.1) is 3.57 Å². The van der Waals surface area contributed by atoms with Crippen molar-refractivity contribution in [2.45, 2.75) is 20.4 Å². The first-order valence-corrected chi connectivity index (χ1v) is 10.8. The average Bonchev–Trinajstić information content (AvgIpc) is 2.93. The molecule has 7 heteroatoms. The molecule has 5 nitrogen and oxygen atoms in total. The molecule has 2 amide bonds. The Morgan fingerprint density at radius 1 is 1.00 bits per heavy atom. The summed E-state index contributed by atoms with van der Waals surface area (Å²) in [6.07, 6.45) is 1.72. The van der Waals surface area contributed by atoms with Gasteiger partial charge in [0.2, 0.25) is 0 Å². The normalized spacial score (nSPS) is 15.4. The third-order valence-electron chi connectivity index (χ3n) is 3.99. The number of hydrogen-bond acceptors (Lipinski definition) is 5. The van der Waals surface area contributed by atoms with Crippen molar-refractivity contribution >= 4 is 51.6 Å². The molecule has 0 atom stereocenters. The number of rotatable bonds is 7. The van der Waals surface area contributed by atoms with Crippen molar-refractivity contribution in [3.05, 3.63) is 62.1 Å². The van der Waals surface area contributed by atoms with E-state index in [-0.39, 0.29) is 17.7 Å². The van der Waals surface area contributed by atoms with Gasteiger partial charge in [-0.05, 0) is 89.7 Å². The molecule has 0 spiro atoms. The first kappa shape index (κ1) is 20.7. The van der Waals surface area contributed by atoms with Crippen LogP contribution in [0.3, 0.4) is 0 Å². The van der Waals surface area contributed by atoms with Gasteiger partial charge in [-0.3, -0.25) is 14.5 Å². The molecule has 1 saturated heterocycles. The van der Waals surface area contributed by atoms with E-state index < -0.39 is 0 Å². The second-order valence-electron chi connectivity index (χ2n) is 5.97. The summed E-state index contributed by atoms with van der Waals surface area (Å²) in [6, 6.07) is 13.3. The van der Waals surface area contributed by atoms with Crippen LogP contribution in [0.4, 0.5) is 4.79 Å². The molecule has 0 bridgehead atoms. The average molecular weight is 509 g/mol. The molecular formula is C21H20INO4S. The molecule has 1 heterocycles. The lowest BCUT2D eigenvalue weighted by atomic mass is 10.1. The van der Waals surface area contributed by atoms with Crippen molar-refractivity contribution in [2.24, 2.45) is 0 Å². The van der Waals surface area contributed by atoms with Crippen molar-refractivity contribution in [3.63, 3.8) is 0 Å². The third kappa shape index (κ3) is 4.88. The predicted octanol–water partition coefficient (Wildman–Crippen LogP) is 5.33. The molecule has 0 saturated carbocycles. The zero-order valence-corrected chi connectivity index (χ0v) is 18.6. The molecule has 0 radical (unpaired) electrons. The van der Waals surface area contributed by atoms with Gasteiger partial charge in [-0.25, -0.2) is 0 Å². The molecule has 0 unspecified atom stereocenters. The van der Waals surface area contributed by atoms with Gasteiger partial charge in [-0.15, -0.1) is 0 Å². The summed E-state index contributed by atoms with van der Waals surface area (Å²) in [7, 11) is 0. The Balaban J connectivity index is 1.81. The second-order valence-corrected chi connectivity index (χ2v) is 8.21. The van der Waals surface area contributed by atoms with Crippen LogP contribution >= 0.6 is 34.4 Å². The van der Waals surface area contributed by atoms with Crippen LogP contribution in [0.1, 0.15) is 25.0 Å². The lowest BCUT2D eigenvalue weighted by molar-refractivity contribution is -0.123. The lowest BCUT2D eigenvalue weighted by Gasteiger charge is -2.12. The third-order valence-corrected chi connectivity index (χ3v) is 5.62. The van der Waals surface area contributed by atoms with Crippen LogP contribution in [-0.2, 0) is 11.3 Å². The number of hydrogen-bond donors (Lipinski definition) is 0. The summed E-state index contributed by atoms with van der Waals surface area (Å²) in [4.78, 5) is 26.8. The first-order chi connectivity index (χ1) is 13.5. The van der Waals surface area contributed by atoms with Gasteiger partial charge >= 0.3 is 0 Å². The van der Waals surface area contributed by atoms with E-state index in [0.717, 1.165) is 26.5 Å². The Hall–Kier alpha value is -2.00. The maximum atomic E-state index is 12.7. The SMILES string of the molecule is CCOc1ccc(/C=C2/SC(=O)N(Cc3ccc(I)cc3)C2=O)cc1OCC.